The van der Waals surface area contributed by atoms with Crippen LogP contribution in [0.5, 0.6) is 0 Å². The second-order valence-electron chi connectivity index (χ2n) is 6.22. The van der Waals surface area contributed by atoms with Crippen LogP contribution in [-0.2, 0) is 17.7 Å². The molecule has 0 spiro atoms. The molecule has 0 aliphatic rings. The van der Waals surface area contributed by atoms with Gasteiger partial charge in [0.15, 0.2) is 5.65 Å². The van der Waals surface area contributed by atoms with Crippen LogP contribution in [0.2, 0.25) is 5.28 Å². The Morgan fingerprint density at radius 2 is 1.86 bits per heavy atom. The van der Waals surface area contributed by atoms with Crippen molar-refractivity contribution in [3.63, 3.8) is 0 Å². The van der Waals surface area contributed by atoms with Crippen LogP contribution in [0.25, 0.3) is 22.4 Å². The molecule has 29 heavy (non-hydrogen) atoms. The molecule has 4 aromatic rings. The second-order valence-corrected chi connectivity index (χ2v) is 6.56. The number of halogens is 1. The van der Waals surface area contributed by atoms with Crippen molar-refractivity contribution in [3.05, 3.63) is 59.4 Å². The number of anilines is 1. The van der Waals surface area contributed by atoms with Crippen molar-refractivity contribution in [1.29, 1.82) is 0 Å². The van der Waals surface area contributed by atoms with E-state index in [2.05, 4.69) is 24.9 Å². The van der Waals surface area contributed by atoms with Gasteiger partial charge in [0, 0.05) is 24.5 Å². The normalized spacial score (nSPS) is 11.0. The third kappa shape index (κ3) is 3.85. The quantitative estimate of drug-likeness (QED) is 0.394. The van der Waals surface area contributed by atoms with E-state index >= 15 is 0 Å². The predicted octanol–water partition coefficient (Wildman–Crippen LogP) is 2.55. The van der Waals surface area contributed by atoms with Gasteiger partial charge in [0.05, 0.1) is 19.0 Å². The van der Waals surface area contributed by atoms with Crippen molar-refractivity contribution in [1.82, 2.24) is 29.5 Å². The van der Waals surface area contributed by atoms with E-state index in [4.69, 9.17) is 22.1 Å². The van der Waals surface area contributed by atoms with Crippen molar-refractivity contribution in [3.8, 4) is 11.3 Å². The maximum absolute atomic E-state index is 11.5. The fourth-order valence-corrected chi connectivity index (χ4v) is 3.08. The lowest BCUT2D eigenvalue weighted by atomic mass is 10.1. The molecule has 146 valence electrons. The fourth-order valence-electron chi connectivity index (χ4n) is 2.92. The summed E-state index contributed by atoms with van der Waals surface area (Å²) in [5.41, 5.74) is 9.54. The van der Waals surface area contributed by atoms with Crippen molar-refractivity contribution < 1.29 is 9.53 Å². The Bertz CT molecular complexity index is 1170. The number of esters is 1. The average Bonchev–Trinajstić information content (AvgIpc) is 3.14. The van der Waals surface area contributed by atoms with Crippen LogP contribution in [0.3, 0.4) is 0 Å². The van der Waals surface area contributed by atoms with Gasteiger partial charge in [0.25, 0.3) is 0 Å². The Morgan fingerprint density at radius 1 is 1.14 bits per heavy atom. The van der Waals surface area contributed by atoms with Crippen LogP contribution in [0, 0.1) is 0 Å². The van der Waals surface area contributed by atoms with Crippen LogP contribution in [0.15, 0.2) is 43.0 Å². The van der Waals surface area contributed by atoms with Gasteiger partial charge in [-0.1, -0.05) is 12.1 Å². The van der Waals surface area contributed by atoms with Crippen LogP contribution in [-0.4, -0.2) is 42.6 Å². The number of aryl methyl sites for hydroxylation is 2. The number of hydrogen-bond acceptors (Lipinski definition) is 8. The molecule has 0 aliphatic heterocycles. The molecular weight excluding hydrogens is 394 g/mol. The molecule has 3 aromatic heterocycles. The van der Waals surface area contributed by atoms with Gasteiger partial charge in [-0.3, -0.25) is 0 Å². The van der Waals surface area contributed by atoms with Crippen molar-refractivity contribution in [2.45, 2.75) is 13.0 Å². The average molecular weight is 410 g/mol. The maximum Gasteiger partial charge on any atom is 0.337 e. The number of nitrogens with zero attached hydrogens (tertiary/aromatic N) is 6. The first-order chi connectivity index (χ1) is 14.0. The zero-order valence-corrected chi connectivity index (χ0v) is 16.2. The van der Waals surface area contributed by atoms with Gasteiger partial charge in [0.2, 0.25) is 11.2 Å². The number of carbonyl (C=O) groups is 1. The Labute approximate surface area is 170 Å². The minimum Gasteiger partial charge on any atom is -0.465 e. The number of carbonyl (C=O) groups excluding carboxylic acids is 1. The summed E-state index contributed by atoms with van der Waals surface area (Å²) in [6.45, 7) is 0.624. The van der Waals surface area contributed by atoms with Gasteiger partial charge in [-0.15, -0.1) is 0 Å². The summed E-state index contributed by atoms with van der Waals surface area (Å²) in [4.78, 5) is 32.6. The standard InChI is InChI=1S/C19H16ClN7O2/c1-29-17(28)12-4-2-11(3-5-12)6-7-27-10-24-15-14(25-18(20)26-16(15)27)13-8-22-19(21)23-9-13/h2-5,8-10H,6-7H2,1H3,(H2,21,22,23). The molecule has 10 heteroatoms. The molecule has 4 rings (SSSR count). The summed E-state index contributed by atoms with van der Waals surface area (Å²) in [7, 11) is 1.36. The number of benzene rings is 1. The molecule has 0 amide bonds. The topological polar surface area (TPSA) is 122 Å². The first-order valence-corrected chi connectivity index (χ1v) is 9.06. The Hall–Kier alpha value is -3.59. The summed E-state index contributed by atoms with van der Waals surface area (Å²) in [5.74, 6) is -0.184. The summed E-state index contributed by atoms with van der Waals surface area (Å²) < 4.78 is 6.62. The highest BCUT2D eigenvalue weighted by atomic mass is 35.5. The van der Waals surface area contributed by atoms with Crippen LogP contribution in [0.4, 0.5) is 5.95 Å². The van der Waals surface area contributed by atoms with Crippen molar-refractivity contribution in [2.75, 3.05) is 12.8 Å². The first-order valence-electron chi connectivity index (χ1n) is 8.68. The van der Waals surface area contributed by atoms with E-state index in [1.807, 2.05) is 16.7 Å². The zero-order chi connectivity index (χ0) is 20.4. The molecule has 1 aromatic carbocycles. The van der Waals surface area contributed by atoms with Gasteiger partial charge in [-0.05, 0) is 35.7 Å². The van der Waals surface area contributed by atoms with Crippen molar-refractivity contribution >= 4 is 34.7 Å². The van der Waals surface area contributed by atoms with Crippen LogP contribution >= 0.6 is 11.6 Å². The number of ether oxygens (including phenoxy) is 1. The van der Waals surface area contributed by atoms with Crippen LogP contribution in [0.1, 0.15) is 15.9 Å². The minimum absolute atomic E-state index is 0.105. The molecule has 0 saturated heterocycles. The van der Waals surface area contributed by atoms with Crippen LogP contribution < -0.4 is 5.73 Å². The molecule has 0 radical (unpaired) electrons. The summed E-state index contributed by atoms with van der Waals surface area (Å²) >= 11 is 6.14. The Morgan fingerprint density at radius 3 is 2.55 bits per heavy atom. The highest BCUT2D eigenvalue weighted by Crippen LogP contribution is 2.25. The van der Waals surface area contributed by atoms with Gasteiger partial charge >= 0.3 is 5.97 Å². The third-order valence-electron chi connectivity index (χ3n) is 4.40. The largest absolute Gasteiger partial charge is 0.465 e. The summed E-state index contributed by atoms with van der Waals surface area (Å²) in [5, 5.41) is 0.105. The van der Waals surface area contributed by atoms with E-state index in [-0.39, 0.29) is 17.2 Å². The predicted molar refractivity (Wildman–Crippen MR) is 107 cm³/mol. The SMILES string of the molecule is COC(=O)c1ccc(CCn2cnc3c(-c4cnc(N)nc4)nc(Cl)nc32)cc1. The van der Waals surface area contributed by atoms with E-state index in [1.165, 1.54) is 7.11 Å². The van der Waals surface area contributed by atoms with Gasteiger partial charge in [0.1, 0.15) is 11.2 Å². The lowest BCUT2D eigenvalue weighted by Gasteiger charge is -2.07. The molecule has 0 unspecified atom stereocenters. The van der Waals surface area contributed by atoms with E-state index in [0.717, 1.165) is 12.0 Å². The molecule has 0 atom stereocenters. The number of aromatic nitrogens is 6. The molecule has 0 aliphatic carbocycles. The molecular formula is C19H16ClN7O2. The van der Waals surface area contributed by atoms with E-state index in [1.54, 1.807) is 30.9 Å². The Kier molecular flexibility index (Phi) is 5.05. The number of imidazole rings is 1. The number of methoxy groups -OCH3 is 1. The van der Waals surface area contributed by atoms with Gasteiger partial charge < -0.3 is 15.0 Å². The molecule has 9 nitrogen and oxygen atoms in total. The summed E-state index contributed by atoms with van der Waals surface area (Å²) in [6, 6.07) is 7.27. The fraction of sp³-hybridized carbons (Fsp3) is 0.158. The molecule has 0 saturated carbocycles. The van der Waals surface area contributed by atoms with E-state index in [9.17, 15) is 4.79 Å². The second kappa shape index (κ2) is 7.80. The number of hydrogen-bond donors (Lipinski definition) is 1. The summed E-state index contributed by atoms with van der Waals surface area (Å²) in [6.07, 6.45) is 5.56. The van der Waals surface area contributed by atoms with E-state index < -0.39 is 0 Å². The smallest absolute Gasteiger partial charge is 0.337 e. The molecule has 2 N–H and O–H groups in total. The maximum atomic E-state index is 11.5. The minimum atomic E-state index is -0.359. The number of rotatable bonds is 5. The molecule has 0 fully saturated rings. The Balaban J connectivity index is 1.60. The monoisotopic (exact) mass is 409 g/mol. The molecule has 0 bridgehead atoms. The van der Waals surface area contributed by atoms with Crippen molar-refractivity contribution in [2.24, 2.45) is 0 Å². The zero-order valence-electron chi connectivity index (χ0n) is 15.4. The van der Waals surface area contributed by atoms with E-state index in [0.29, 0.717) is 34.5 Å². The highest BCUT2D eigenvalue weighted by molar-refractivity contribution is 6.28. The molecule has 3 heterocycles. The van der Waals surface area contributed by atoms with Gasteiger partial charge in [-0.2, -0.15) is 4.98 Å². The third-order valence-corrected chi connectivity index (χ3v) is 4.57. The van der Waals surface area contributed by atoms with Gasteiger partial charge in [-0.25, -0.2) is 24.7 Å². The number of nitrogen functional groups attached to an aromatic ring is 1. The highest BCUT2D eigenvalue weighted by Gasteiger charge is 2.15. The lowest BCUT2D eigenvalue weighted by Crippen LogP contribution is -2.04. The number of fused-ring (bicyclic) bond motifs is 1. The number of nitrogens with two attached hydrogens (primary N) is 1. The first kappa shape index (κ1) is 18.8. The lowest BCUT2D eigenvalue weighted by molar-refractivity contribution is 0.0600.